The Morgan fingerprint density at radius 3 is 2.12 bits per heavy atom. The van der Waals surface area contributed by atoms with E-state index in [0.29, 0.717) is 0 Å². The van der Waals surface area contributed by atoms with Gasteiger partial charge < -0.3 is 9.84 Å². The van der Waals surface area contributed by atoms with Crippen molar-refractivity contribution < 1.29 is 9.84 Å². The SMILES string of the molecule is CCCCCCCCOC(C(C)O)N(C)C. The molecule has 0 fully saturated rings. The lowest BCUT2D eigenvalue weighted by atomic mass is 10.1. The highest BCUT2D eigenvalue weighted by atomic mass is 16.5. The van der Waals surface area contributed by atoms with Gasteiger partial charge in [0.05, 0.1) is 6.10 Å². The van der Waals surface area contributed by atoms with Crippen LogP contribution in [0.2, 0.25) is 0 Å². The molecule has 0 aliphatic carbocycles. The molecule has 3 heteroatoms. The lowest BCUT2D eigenvalue weighted by Crippen LogP contribution is -2.39. The van der Waals surface area contributed by atoms with Crippen LogP contribution in [0.15, 0.2) is 0 Å². The van der Waals surface area contributed by atoms with Crippen LogP contribution in [0.25, 0.3) is 0 Å². The Bertz CT molecular complexity index is 141. The lowest BCUT2D eigenvalue weighted by molar-refractivity contribution is -0.102. The van der Waals surface area contributed by atoms with Crippen LogP contribution in [0.3, 0.4) is 0 Å². The van der Waals surface area contributed by atoms with Crippen LogP contribution in [-0.2, 0) is 4.74 Å². The van der Waals surface area contributed by atoms with Crippen LogP contribution in [0.1, 0.15) is 52.4 Å². The second-order valence-corrected chi connectivity index (χ2v) is 4.73. The summed E-state index contributed by atoms with van der Waals surface area (Å²) in [5.41, 5.74) is 0. The molecule has 1 N–H and O–H groups in total. The van der Waals surface area contributed by atoms with Crippen molar-refractivity contribution in [2.24, 2.45) is 0 Å². The van der Waals surface area contributed by atoms with Gasteiger partial charge in [-0.05, 0) is 27.4 Å². The Hall–Kier alpha value is -0.120. The molecule has 0 rings (SSSR count). The second-order valence-electron chi connectivity index (χ2n) is 4.73. The van der Waals surface area contributed by atoms with Crippen LogP contribution < -0.4 is 0 Å². The van der Waals surface area contributed by atoms with Crippen molar-refractivity contribution in [2.45, 2.75) is 64.7 Å². The summed E-state index contributed by atoms with van der Waals surface area (Å²) in [5.74, 6) is 0. The molecule has 0 saturated heterocycles. The van der Waals surface area contributed by atoms with Gasteiger partial charge in [-0.1, -0.05) is 39.0 Å². The topological polar surface area (TPSA) is 32.7 Å². The average Bonchev–Trinajstić information content (AvgIpc) is 2.21. The van der Waals surface area contributed by atoms with Crippen molar-refractivity contribution in [3.63, 3.8) is 0 Å². The summed E-state index contributed by atoms with van der Waals surface area (Å²) in [6.45, 7) is 4.75. The molecule has 0 aromatic carbocycles. The number of aliphatic hydroxyl groups is 1. The fourth-order valence-electron chi connectivity index (χ4n) is 1.81. The van der Waals surface area contributed by atoms with Gasteiger partial charge >= 0.3 is 0 Å². The van der Waals surface area contributed by atoms with Crippen LogP contribution in [0.4, 0.5) is 0 Å². The molecule has 0 amide bonds. The van der Waals surface area contributed by atoms with Gasteiger partial charge in [-0.2, -0.15) is 0 Å². The summed E-state index contributed by atoms with van der Waals surface area (Å²) < 4.78 is 5.65. The largest absolute Gasteiger partial charge is 0.389 e. The Kier molecular flexibility index (Phi) is 9.99. The van der Waals surface area contributed by atoms with Gasteiger partial charge in [0.15, 0.2) is 0 Å². The van der Waals surface area contributed by atoms with E-state index in [-0.39, 0.29) is 6.23 Å². The van der Waals surface area contributed by atoms with E-state index < -0.39 is 6.10 Å². The molecule has 0 bridgehead atoms. The van der Waals surface area contributed by atoms with E-state index in [1.165, 1.54) is 32.1 Å². The van der Waals surface area contributed by atoms with E-state index in [4.69, 9.17) is 4.74 Å². The molecule has 0 aromatic rings. The van der Waals surface area contributed by atoms with Crippen molar-refractivity contribution >= 4 is 0 Å². The summed E-state index contributed by atoms with van der Waals surface area (Å²) in [6.07, 6.45) is 7.00. The monoisotopic (exact) mass is 231 g/mol. The highest BCUT2D eigenvalue weighted by Crippen LogP contribution is 2.07. The number of hydrogen-bond acceptors (Lipinski definition) is 3. The zero-order valence-electron chi connectivity index (χ0n) is 11.4. The van der Waals surface area contributed by atoms with Crippen molar-refractivity contribution in [1.82, 2.24) is 4.90 Å². The molecule has 0 aromatic heterocycles. The molecular formula is C13H29NO2. The summed E-state index contributed by atoms with van der Waals surface area (Å²) in [4.78, 5) is 1.92. The van der Waals surface area contributed by atoms with Crippen molar-refractivity contribution in [2.75, 3.05) is 20.7 Å². The van der Waals surface area contributed by atoms with Gasteiger partial charge in [0, 0.05) is 6.61 Å². The van der Waals surface area contributed by atoms with Gasteiger partial charge in [-0.3, -0.25) is 4.90 Å². The van der Waals surface area contributed by atoms with Gasteiger partial charge in [-0.25, -0.2) is 0 Å². The Labute approximate surface area is 101 Å². The zero-order valence-corrected chi connectivity index (χ0v) is 11.4. The predicted molar refractivity (Wildman–Crippen MR) is 68.5 cm³/mol. The fourth-order valence-corrected chi connectivity index (χ4v) is 1.81. The minimum absolute atomic E-state index is 0.171. The number of hydrogen-bond donors (Lipinski definition) is 1. The minimum Gasteiger partial charge on any atom is -0.389 e. The summed E-state index contributed by atoms with van der Waals surface area (Å²) in [6, 6.07) is 0. The standard InChI is InChI=1S/C13H29NO2/c1-5-6-7-8-9-10-11-16-13(12(2)15)14(3)4/h12-13,15H,5-11H2,1-4H3. The Morgan fingerprint density at radius 1 is 1.06 bits per heavy atom. The first-order valence-electron chi connectivity index (χ1n) is 6.55. The molecule has 0 spiro atoms. The van der Waals surface area contributed by atoms with Crippen LogP contribution in [0, 0.1) is 0 Å². The van der Waals surface area contributed by atoms with Gasteiger partial charge in [0.1, 0.15) is 6.23 Å². The minimum atomic E-state index is -0.435. The first kappa shape index (κ1) is 15.9. The van der Waals surface area contributed by atoms with E-state index in [0.717, 1.165) is 13.0 Å². The Balaban J connectivity index is 3.41. The third kappa shape index (κ3) is 8.08. The second kappa shape index (κ2) is 10.1. The normalized spacial score (nSPS) is 15.4. The molecule has 0 saturated carbocycles. The fraction of sp³-hybridized carbons (Fsp3) is 1.00. The summed E-state index contributed by atoms with van der Waals surface area (Å²) in [5, 5.41) is 9.49. The average molecular weight is 231 g/mol. The third-order valence-electron chi connectivity index (χ3n) is 2.71. The molecular weight excluding hydrogens is 202 g/mol. The van der Waals surface area contributed by atoms with Crippen molar-refractivity contribution in [3.8, 4) is 0 Å². The van der Waals surface area contributed by atoms with Gasteiger partial charge in [-0.15, -0.1) is 0 Å². The number of unbranched alkanes of at least 4 members (excludes halogenated alkanes) is 5. The molecule has 98 valence electrons. The van der Waals surface area contributed by atoms with E-state index in [1.54, 1.807) is 6.92 Å². The quantitative estimate of drug-likeness (QED) is 0.463. The van der Waals surface area contributed by atoms with E-state index in [9.17, 15) is 5.11 Å². The molecule has 2 unspecified atom stereocenters. The van der Waals surface area contributed by atoms with Gasteiger partial charge in [0.2, 0.25) is 0 Å². The molecule has 16 heavy (non-hydrogen) atoms. The maximum Gasteiger partial charge on any atom is 0.136 e. The molecule has 0 heterocycles. The van der Waals surface area contributed by atoms with Gasteiger partial charge in [0.25, 0.3) is 0 Å². The van der Waals surface area contributed by atoms with Crippen molar-refractivity contribution in [1.29, 1.82) is 0 Å². The number of likely N-dealkylation sites (N-methyl/N-ethyl adjacent to an activating group) is 1. The number of nitrogens with zero attached hydrogens (tertiary/aromatic N) is 1. The number of rotatable bonds is 10. The van der Waals surface area contributed by atoms with E-state index in [2.05, 4.69) is 6.92 Å². The predicted octanol–water partition coefficient (Wildman–Crippen LogP) is 2.63. The summed E-state index contributed by atoms with van der Waals surface area (Å²) in [7, 11) is 3.86. The van der Waals surface area contributed by atoms with Crippen LogP contribution in [0.5, 0.6) is 0 Å². The zero-order chi connectivity index (χ0) is 12.4. The molecule has 3 nitrogen and oxygen atoms in total. The third-order valence-corrected chi connectivity index (χ3v) is 2.71. The molecule has 0 radical (unpaired) electrons. The molecule has 2 atom stereocenters. The van der Waals surface area contributed by atoms with Crippen molar-refractivity contribution in [3.05, 3.63) is 0 Å². The van der Waals surface area contributed by atoms with E-state index in [1.807, 2.05) is 19.0 Å². The highest BCUT2D eigenvalue weighted by molar-refractivity contribution is 4.60. The first-order chi connectivity index (χ1) is 7.59. The first-order valence-corrected chi connectivity index (χ1v) is 6.55. The Morgan fingerprint density at radius 2 is 1.62 bits per heavy atom. The number of ether oxygens (including phenoxy) is 1. The maximum atomic E-state index is 9.49. The molecule has 0 aliphatic rings. The lowest BCUT2D eigenvalue weighted by Gasteiger charge is -2.26. The van der Waals surface area contributed by atoms with E-state index >= 15 is 0 Å². The smallest absolute Gasteiger partial charge is 0.136 e. The van der Waals surface area contributed by atoms with Crippen LogP contribution in [-0.4, -0.2) is 43.0 Å². The molecule has 0 aliphatic heterocycles. The van der Waals surface area contributed by atoms with Crippen LogP contribution >= 0.6 is 0 Å². The highest BCUT2D eigenvalue weighted by Gasteiger charge is 2.16. The number of aliphatic hydroxyl groups excluding tert-OH is 1. The summed E-state index contributed by atoms with van der Waals surface area (Å²) >= 11 is 0. The maximum absolute atomic E-state index is 9.49.